The predicted molar refractivity (Wildman–Crippen MR) is 390 cm³/mol. The van der Waals surface area contributed by atoms with Crippen molar-refractivity contribution in [3.8, 4) is 11.5 Å². The topological polar surface area (TPSA) is 253 Å². The second-order valence-electron chi connectivity index (χ2n) is 28.6. The van der Waals surface area contributed by atoms with Crippen molar-refractivity contribution in [2.75, 3.05) is 27.3 Å². The van der Waals surface area contributed by atoms with E-state index in [0.717, 1.165) is 40.2 Å². The summed E-state index contributed by atoms with van der Waals surface area (Å²) < 4.78 is 41.4. The molecule has 0 spiro atoms. The summed E-state index contributed by atoms with van der Waals surface area (Å²) in [7, 11) is 6.51. The van der Waals surface area contributed by atoms with Crippen molar-refractivity contribution in [1.29, 1.82) is 0 Å². The van der Waals surface area contributed by atoms with Gasteiger partial charge in [-0.05, 0) is 140 Å². The van der Waals surface area contributed by atoms with E-state index in [1.807, 2.05) is 34.6 Å². The second kappa shape index (κ2) is 37.2. The molecule has 0 aromatic heterocycles. The fourth-order valence-corrected chi connectivity index (χ4v) is 15.0. The van der Waals surface area contributed by atoms with Gasteiger partial charge in [-0.1, -0.05) is 179 Å². The quantitative estimate of drug-likeness (QED) is 0.0177. The van der Waals surface area contributed by atoms with E-state index < -0.39 is 94.8 Å². The van der Waals surface area contributed by atoms with Gasteiger partial charge in [0, 0.05) is 56.2 Å². The number of epoxide rings is 1. The zero-order valence-electron chi connectivity index (χ0n) is 59.9. The molecule has 1 unspecified atom stereocenters. The normalized spacial score (nSPS) is 24.7. The maximum atomic E-state index is 14.2. The van der Waals surface area contributed by atoms with Gasteiger partial charge in [0.05, 0.1) is 41.2 Å². The van der Waals surface area contributed by atoms with Gasteiger partial charge in [-0.25, -0.2) is 9.59 Å². The van der Waals surface area contributed by atoms with Gasteiger partial charge in [0.25, 0.3) is 0 Å². The van der Waals surface area contributed by atoms with Crippen molar-refractivity contribution in [2.24, 2.45) is 40.4 Å². The number of amides is 4. The molecule has 12 atom stereocenters. The Morgan fingerprint density at radius 1 is 0.560 bits per heavy atom. The minimum atomic E-state index is -1.26. The average Bonchev–Trinajstić information content (AvgIpc) is 1.63. The summed E-state index contributed by atoms with van der Waals surface area (Å²) in [5, 5.41) is 11.9. The first kappa shape index (κ1) is 80.3. The third-order valence-electron chi connectivity index (χ3n) is 18.7. The Balaban J connectivity index is 0.967. The molecule has 3 aliphatic rings. The number of methoxy groups -OCH3 is 2. The van der Waals surface area contributed by atoms with Gasteiger partial charge in [0.15, 0.2) is 12.2 Å². The van der Waals surface area contributed by atoms with E-state index in [1.54, 1.807) is 97.8 Å². The number of carbonyl (C=O) groups is 8. The van der Waals surface area contributed by atoms with Crippen LogP contribution in [0.1, 0.15) is 161 Å². The van der Waals surface area contributed by atoms with Gasteiger partial charge in [0.2, 0.25) is 23.6 Å². The first-order valence-corrected chi connectivity index (χ1v) is 37.7. The summed E-state index contributed by atoms with van der Waals surface area (Å²) in [6.45, 7) is 22.2. The molecule has 544 valence electrons. The molecule has 0 saturated carbocycles. The Bertz CT molecular complexity index is 3550. The fourth-order valence-electron chi connectivity index (χ4n) is 12.3. The van der Waals surface area contributed by atoms with Gasteiger partial charge in [0.1, 0.15) is 41.9 Å². The van der Waals surface area contributed by atoms with Crippen LogP contribution in [0.15, 0.2) is 109 Å². The number of halogens is 2. The molecule has 0 aliphatic carbocycles. The summed E-state index contributed by atoms with van der Waals surface area (Å²) in [5.41, 5.74) is 3.21. The first-order valence-electron chi connectivity index (χ1n) is 34.5. The number of rotatable bonds is 23. The lowest BCUT2D eigenvalue weighted by atomic mass is 9.75. The van der Waals surface area contributed by atoms with Crippen LogP contribution in [-0.4, -0.2) is 117 Å². The highest BCUT2D eigenvalue weighted by molar-refractivity contribution is 8.76. The monoisotopic (exact) mass is 1450 g/mol. The Morgan fingerprint density at radius 3 is 1.40 bits per heavy atom. The highest BCUT2D eigenvalue weighted by atomic mass is 35.5. The van der Waals surface area contributed by atoms with Crippen molar-refractivity contribution in [2.45, 2.75) is 194 Å². The van der Waals surface area contributed by atoms with E-state index in [4.69, 9.17) is 56.4 Å². The smallest absolute Gasteiger partial charge is 0.347 e. The minimum Gasteiger partial charge on any atom is -0.495 e. The summed E-state index contributed by atoms with van der Waals surface area (Å²) in [5.74, 6) is -2.98. The number of cyclic esters (lactones) is 4. The van der Waals surface area contributed by atoms with Gasteiger partial charge >= 0.3 is 23.9 Å². The van der Waals surface area contributed by atoms with Crippen LogP contribution in [0.2, 0.25) is 10.0 Å². The molecule has 23 heteroatoms. The maximum absolute atomic E-state index is 14.2. The number of esters is 4. The van der Waals surface area contributed by atoms with Gasteiger partial charge < -0.3 is 54.4 Å². The van der Waals surface area contributed by atoms with Crippen LogP contribution < -0.4 is 30.7 Å². The number of carbonyl (C=O) groups excluding carboxylic acids is 8. The van der Waals surface area contributed by atoms with Crippen molar-refractivity contribution < 1.29 is 71.5 Å². The predicted octanol–water partition coefficient (Wildman–Crippen LogP) is 13.3. The number of nitrogens with one attached hydrogen (secondary N) is 4. The Labute approximate surface area is 607 Å². The molecule has 19 nitrogen and oxygen atoms in total. The number of hydrogen-bond donors (Lipinski definition) is 4. The SMILES string of the molecule is CC[C@H]([C@@H](C)[C@@H]1C/C=C/C(=O)N[C@H](Cc2ccc(OC)c(Cl)c2)C(=O)NCC(C)(C)C(=O)O[C@@H](CC(C)C)C(=O)O1)[C@H](C)c1ccc(CSSCc2ccc([C@H]3O[C@@H]3[C@@H](C)C3C/C=C/C(=O)N[C@H](Cc4ccc(OC)c(Cl)c4)C(=O)NCC(C)(C)C(=O)O[C@@H](CC(C)C)C(=O)O3)cc2)cc1. The summed E-state index contributed by atoms with van der Waals surface area (Å²) >= 11 is 12.9. The van der Waals surface area contributed by atoms with Crippen LogP contribution in [0.5, 0.6) is 11.5 Å². The molecule has 7 rings (SSSR count). The lowest BCUT2D eigenvalue weighted by Crippen LogP contribution is -2.51. The van der Waals surface area contributed by atoms with Crippen LogP contribution in [0, 0.1) is 40.4 Å². The molecule has 3 heterocycles. The van der Waals surface area contributed by atoms with Crippen LogP contribution >= 0.6 is 44.8 Å². The summed E-state index contributed by atoms with van der Waals surface area (Å²) in [6, 6.07) is 25.0. The second-order valence-corrected chi connectivity index (χ2v) is 31.8. The Kier molecular flexibility index (Phi) is 29.9. The van der Waals surface area contributed by atoms with E-state index >= 15 is 0 Å². The molecule has 3 aliphatic heterocycles. The third-order valence-corrected chi connectivity index (χ3v) is 21.5. The number of ether oxygens (including phenoxy) is 7. The molecule has 4 N–H and O–H groups in total. The zero-order valence-corrected chi connectivity index (χ0v) is 63.1. The van der Waals surface area contributed by atoms with Crippen molar-refractivity contribution >= 4 is 92.3 Å². The molecular weight excluding hydrogens is 1360 g/mol. The molecule has 0 radical (unpaired) electrons. The van der Waals surface area contributed by atoms with Crippen LogP contribution in [-0.2, 0) is 86.4 Å². The van der Waals surface area contributed by atoms with Crippen LogP contribution in [0.3, 0.4) is 0 Å². The van der Waals surface area contributed by atoms with Crippen molar-refractivity contribution in [3.63, 3.8) is 0 Å². The fraction of sp³-hybridized carbons (Fsp3) is 0.532. The average molecular weight is 1460 g/mol. The molecule has 4 amide bonds. The van der Waals surface area contributed by atoms with E-state index in [2.05, 4.69) is 90.6 Å². The molecular formula is C77H100Cl2N4O15S2. The third kappa shape index (κ3) is 23.2. The van der Waals surface area contributed by atoms with Gasteiger partial charge in [-0.2, -0.15) is 0 Å². The summed E-state index contributed by atoms with van der Waals surface area (Å²) in [6.07, 6.45) is 3.12. The molecule has 1 saturated heterocycles. The molecule has 0 bridgehead atoms. The van der Waals surface area contributed by atoms with Gasteiger partial charge in [-0.15, -0.1) is 0 Å². The van der Waals surface area contributed by atoms with Crippen LogP contribution in [0.25, 0.3) is 0 Å². The highest BCUT2D eigenvalue weighted by Crippen LogP contribution is 2.46. The molecule has 4 aromatic carbocycles. The van der Waals surface area contributed by atoms with Crippen LogP contribution in [0.4, 0.5) is 0 Å². The van der Waals surface area contributed by atoms with E-state index in [-0.39, 0.29) is 99.3 Å². The number of benzene rings is 4. The molecule has 1 fully saturated rings. The van der Waals surface area contributed by atoms with E-state index in [9.17, 15) is 38.4 Å². The number of hydrogen-bond acceptors (Lipinski definition) is 17. The lowest BCUT2D eigenvalue weighted by molar-refractivity contribution is -0.179. The minimum absolute atomic E-state index is 0.0211. The molecule has 100 heavy (non-hydrogen) atoms. The van der Waals surface area contributed by atoms with Crippen molar-refractivity contribution in [1.82, 2.24) is 21.3 Å². The lowest BCUT2D eigenvalue weighted by Gasteiger charge is -2.35. The highest BCUT2D eigenvalue weighted by Gasteiger charge is 2.48. The first-order chi connectivity index (χ1) is 47.4. The standard InChI is InChI=1S/C77H100Cl2N4O15S2/c1-15-55(47(7)60-18-16-20-66(84)82-58(38-51-26-32-62(92-13)56(78)36-51)70(86)80-42-76(9,10)74(90)96-64(34-44(2)3)72(88)94-60)46(6)53-28-22-49(23-29-53)40-99-100-41-50-24-30-54(31-25-50)69-68(98-69)48(8)61-19-17-21-67(85)83-59(39-52-27-33-63(93-14)57(79)37-52)71(87)81-43-77(11,12)75(91)97-65(35-45(4)5)73(89)95-61/h16-17,20-33,36-37,44-48,55,58-61,64-65,68-69H,15,18-19,34-35,38-43H2,1-14H3,(H,80,86)(H,81,87)(H,82,84)(H,83,85)/b20-16+,21-17+/t46-,47-,48+,55+,58-,59-,60+,61?,64+,65+,68-,69-/m1/s1. The summed E-state index contributed by atoms with van der Waals surface area (Å²) in [4.78, 5) is 111. The molecule has 4 aromatic rings. The van der Waals surface area contributed by atoms with E-state index in [1.165, 1.54) is 26.4 Å². The zero-order chi connectivity index (χ0) is 73.2. The largest absolute Gasteiger partial charge is 0.495 e. The van der Waals surface area contributed by atoms with E-state index in [0.29, 0.717) is 32.7 Å². The Morgan fingerprint density at radius 2 is 0.980 bits per heavy atom. The van der Waals surface area contributed by atoms with Crippen molar-refractivity contribution in [3.05, 3.63) is 153 Å². The van der Waals surface area contributed by atoms with Gasteiger partial charge in [-0.3, -0.25) is 28.8 Å². The Hall–Kier alpha value is -7.04. The maximum Gasteiger partial charge on any atom is 0.347 e.